The molecule has 0 aliphatic carbocycles. The molecular formula is C15H14F2. The summed E-state index contributed by atoms with van der Waals surface area (Å²) in [6.45, 7) is 2.04. The predicted octanol–water partition coefficient (Wildman–Crippen LogP) is 4.06. The van der Waals surface area contributed by atoms with Crippen molar-refractivity contribution < 1.29 is 8.78 Å². The van der Waals surface area contributed by atoms with Crippen LogP contribution in [-0.4, -0.2) is 0 Å². The standard InChI is InChI=1S/C15H14F2/c1-11-2-4-12(5-3-11)6-7-13-8-9-14(16)15(17)10-13/h2-5,8-10H,6-7H2,1H3. The lowest BCUT2D eigenvalue weighted by Crippen LogP contribution is -1.93. The van der Waals surface area contributed by atoms with E-state index in [0.717, 1.165) is 18.4 Å². The van der Waals surface area contributed by atoms with Gasteiger partial charge in [0.05, 0.1) is 0 Å². The highest BCUT2D eigenvalue weighted by molar-refractivity contribution is 5.24. The first-order valence-corrected chi connectivity index (χ1v) is 5.64. The van der Waals surface area contributed by atoms with Crippen molar-refractivity contribution in [2.75, 3.05) is 0 Å². The lowest BCUT2D eigenvalue weighted by molar-refractivity contribution is 0.507. The molecule has 0 bridgehead atoms. The number of aryl methyl sites for hydroxylation is 3. The van der Waals surface area contributed by atoms with Crippen molar-refractivity contribution in [1.82, 2.24) is 0 Å². The van der Waals surface area contributed by atoms with Gasteiger partial charge in [0.15, 0.2) is 11.6 Å². The molecule has 17 heavy (non-hydrogen) atoms. The fraction of sp³-hybridized carbons (Fsp3) is 0.200. The molecule has 2 aromatic carbocycles. The van der Waals surface area contributed by atoms with E-state index < -0.39 is 11.6 Å². The zero-order valence-electron chi connectivity index (χ0n) is 9.71. The molecule has 0 aliphatic heterocycles. The van der Waals surface area contributed by atoms with Crippen molar-refractivity contribution in [3.8, 4) is 0 Å². The Balaban J connectivity index is 2.02. The van der Waals surface area contributed by atoms with Crippen molar-refractivity contribution in [2.24, 2.45) is 0 Å². The molecule has 0 spiro atoms. The Hall–Kier alpha value is -1.70. The number of halogens is 2. The van der Waals surface area contributed by atoms with Gasteiger partial charge in [-0.3, -0.25) is 0 Å². The van der Waals surface area contributed by atoms with Crippen molar-refractivity contribution in [3.63, 3.8) is 0 Å². The first-order chi connectivity index (χ1) is 8.15. The van der Waals surface area contributed by atoms with Gasteiger partial charge in [0, 0.05) is 0 Å². The smallest absolute Gasteiger partial charge is 0.159 e. The second-order valence-electron chi connectivity index (χ2n) is 4.23. The maximum absolute atomic E-state index is 13.0. The van der Waals surface area contributed by atoms with E-state index in [2.05, 4.69) is 24.3 Å². The number of hydrogen-bond donors (Lipinski definition) is 0. The van der Waals surface area contributed by atoms with Crippen molar-refractivity contribution in [1.29, 1.82) is 0 Å². The van der Waals surface area contributed by atoms with E-state index in [-0.39, 0.29) is 0 Å². The second kappa shape index (κ2) is 5.09. The Morgan fingerprint density at radius 2 is 1.35 bits per heavy atom. The Labute approximate surface area is 99.9 Å². The SMILES string of the molecule is Cc1ccc(CCc2ccc(F)c(F)c2)cc1. The molecule has 0 fully saturated rings. The summed E-state index contributed by atoms with van der Waals surface area (Å²) in [5, 5.41) is 0. The van der Waals surface area contributed by atoms with Crippen LogP contribution in [0.15, 0.2) is 42.5 Å². The molecule has 2 aromatic rings. The van der Waals surface area contributed by atoms with Crippen LogP contribution in [0, 0.1) is 18.6 Å². The van der Waals surface area contributed by atoms with E-state index in [1.54, 1.807) is 6.07 Å². The molecule has 2 rings (SSSR count). The average Bonchev–Trinajstić information content (AvgIpc) is 2.33. The first-order valence-electron chi connectivity index (χ1n) is 5.64. The van der Waals surface area contributed by atoms with Gasteiger partial charge >= 0.3 is 0 Å². The Kier molecular flexibility index (Phi) is 3.52. The highest BCUT2D eigenvalue weighted by atomic mass is 19.2. The topological polar surface area (TPSA) is 0 Å². The largest absolute Gasteiger partial charge is 0.204 e. The fourth-order valence-corrected chi connectivity index (χ4v) is 1.74. The summed E-state index contributed by atoms with van der Waals surface area (Å²) >= 11 is 0. The van der Waals surface area contributed by atoms with Crippen molar-refractivity contribution in [2.45, 2.75) is 19.8 Å². The Morgan fingerprint density at radius 1 is 0.765 bits per heavy atom. The van der Waals surface area contributed by atoms with Crippen LogP contribution in [0.5, 0.6) is 0 Å². The van der Waals surface area contributed by atoms with E-state index in [1.807, 2.05) is 6.92 Å². The molecule has 0 N–H and O–H groups in total. The summed E-state index contributed by atoms with van der Waals surface area (Å²) < 4.78 is 25.7. The highest BCUT2D eigenvalue weighted by Gasteiger charge is 2.02. The van der Waals surface area contributed by atoms with Crippen LogP contribution in [0.2, 0.25) is 0 Å². The third kappa shape index (κ3) is 3.13. The monoisotopic (exact) mass is 232 g/mol. The molecule has 0 atom stereocenters. The lowest BCUT2D eigenvalue weighted by atomic mass is 10.0. The van der Waals surface area contributed by atoms with E-state index in [0.29, 0.717) is 0 Å². The molecule has 0 aliphatic rings. The number of benzene rings is 2. The maximum Gasteiger partial charge on any atom is 0.159 e. The summed E-state index contributed by atoms with van der Waals surface area (Å²) in [6, 6.07) is 12.3. The predicted molar refractivity (Wildman–Crippen MR) is 64.9 cm³/mol. The van der Waals surface area contributed by atoms with E-state index in [1.165, 1.54) is 23.3 Å². The minimum Gasteiger partial charge on any atom is -0.204 e. The highest BCUT2D eigenvalue weighted by Crippen LogP contribution is 2.12. The van der Waals surface area contributed by atoms with Gasteiger partial charge in [-0.15, -0.1) is 0 Å². The summed E-state index contributed by atoms with van der Waals surface area (Å²) in [6.07, 6.45) is 1.56. The van der Waals surface area contributed by atoms with Crippen LogP contribution >= 0.6 is 0 Å². The molecule has 0 unspecified atom stereocenters. The quantitative estimate of drug-likeness (QED) is 0.748. The second-order valence-corrected chi connectivity index (χ2v) is 4.23. The Bertz CT molecular complexity index is 501. The third-order valence-electron chi connectivity index (χ3n) is 2.81. The van der Waals surface area contributed by atoms with Crippen LogP contribution in [-0.2, 0) is 12.8 Å². The molecule has 0 heterocycles. The van der Waals surface area contributed by atoms with Gasteiger partial charge in [0.1, 0.15) is 0 Å². The molecule has 0 saturated heterocycles. The van der Waals surface area contributed by atoms with Crippen LogP contribution in [0.25, 0.3) is 0 Å². The van der Waals surface area contributed by atoms with Crippen LogP contribution in [0.4, 0.5) is 8.78 Å². The van der Waals surface area contributed by atoms with Gasteiger partial charge in [-0.2, -0.15) is 0 Å². The lowest BCUT2D eigenvalue weighted by Gasteiger charge is -2.03. The zero-order chi connectivity index (χ0) is 12.3. The molecule has 88 valence electrons. The van der Waals surface area contributed by atoms with Crippen molar-refractivity contribution >= 4 is 0 Å². The zero-order valence-corrected chi connectivity index (χ0v) is 9.71. The van der Waals surface area contributed by atoms with Crippen LogP contribution in [0.1, 0.15) is 16.7 Å². The normalized spacial score (nSPS) is 10.5. The number of rotatable bonds is 3. The van der Waals surface area contributed by atoms with Gasteiger partial charge in [0.25, 0.3) is 0 Å². The van der Waals surface area contributed by atoms with E-state index >= 15 is 0 Å². The van der Waals surface area contributed by atoms with Gasteiger partial charge in [-0.25, -0.2) is 8.78 Å². The van der Waals surface area contributed by atoms with Gasteiger partial charge in [0.2, 0.25) is 0 Å². The summed E-state index contributed by atoms with van der Waals surface area (Å²) in [5.41, 5.74) is 3.26. The molecule has 2 heteroatoms. The third-order valence-corrected chi connectivity index (χ3v) is 2.81. The maximum atomic E-state index is 13.0. The van der Waals surface area contributed by atoms with Crippen LogP contribution < -0.4 is 0 Å². The molecular weight excluding hydrogens is 218 g/mol. The first kappa shape index (κ1) is 11.8. The number of hydrogen-bond acceptors (Lipinski definition) is 0. The summed E-state index contributed by atoms with van der Waals surface area (Å²) in [4.78, 5) is 0. The van der Waals surface area contributed by atoms with Gasteiger partial charge in [-0.05, 0) is 43.0 Å². The van der Waals surface area contributed by atoms with Gasteiger partial charge < -0.3 is 0 Å². The van der Waals surface area contributed by atoms with Gasteiger partial charge in [-0.1, -0.05) is 35.9 Å². The summed E-state index contributed by atoms with van der Waals surface area (Å²) in [7, 11) is 0. The molecule has 0 amide bonds. The van der Waals surface area contributed by atoms with Crippen LogP contribution in [0.3, 0.4) is 0 Å². The molecule has 0 radical (unpaired) electrons. The minimum absolute atomic E-state index is 0.722. The molecule has 0 aromatic heterocycles. The summed E-state index contributed by atoms with van der Waals surface area (Å²) in [5.74, 6) is -1.56. The minimum atomic E-state index is -0.788. The fourth-order valence-electron chi connectivity index (χ4n) is 1.74. The molecule has 0 nitrogen and oxygen atoms in total. The Morgan fingerprint density at radius 3 is 2.00 bits per heavy atom. The van der Waals surface area contributed by atoms with E-state index in [9.17, 15) is 8.78 Å². The van der Waals surface area contributed by atoms with E-state index in [4.69, 9.17) is 0 Å². The molecule has 0 saturated carbocycles. The van der Waals surface area contributed by atoms with Crippen molar-refractivity contribution in [3.05, 3.63) is 70.8 Å². The average molecular weight is 232 g/mol.